The van der Waals surface area contributed by atoms with E-state index in [0.717, 1.165) is 0 Å². The predicted molar refractivity (Wildman–Crippen MR) is 72.3 cm³/mol. The van der Waals surface area contributed by atoms with Crippen molar-refractivity contribution >= 4 is 0 Å². The second-order valence-corrected chi connectivity index (χ2v) is 6.89. The van der Waals surface area contributed by atoms with Crippen molar-refractivity contribution in [3.05, 3.63) is 0 Å². The number of nitrogens with zero attached hydrogens (tertiary/aromatic N) is 1. The highest BCUT2D eigenvalue weighted by Gasteiger charge is 2.42. The lowest BCUT2D eigenvalue weighted by Gasteiger charge is -2.42. The Labute approximate surface area is 106 Å². The molecule has 1 aliphatic heterocycles. The summed E-state index contributed by atoms with van der Waals surface area (Å²) >= 11 is 0. The quantitative estimate of drug-likeness (QED) is 0.753. The molecular weight excluding hydrogens is 208 g/mol. The van der Waals surface area contributed by atoms with Crippen LogP contribution in [0.4, 0.5) is 0 Å². The number of hydrogen-bond acceptors (Lipinski definition) is 2. The molecule has 98 valence electrons. The van der Waals surface area contributed by atoms with Gasteiger partial charge in [0.25, 0.3) is 0 Å². The van der Waals surface area contributed by atoms with Crippen molar-refractivity contribution in [1.29, 1.82) is 0 Å². The molecule has 2 saturated carbocycles. The lowest BCUT2D eigenvalue weighted by Crippen LogP contribution is -2.54. The largest absolute Gasteiger partial charge is 0.310 e. The van der Waals surface area contributed by atoms with E-state index < -0.39 is 0 Å². The van der Waals surface area contributed by atoms with E-state index in [2.05, 4.69) is 17.1 Å². The molecule has 1 spiro atoms. The van der Waals surface area contributed by atoms with E-state index in [-0.39, 0.29) is 0 Å². The van der Waals surface area contributed by atoms with Crippen molar-refractivity contribution in [2.75, 3.05) is 19.6 Å². The maximum atomic E-state index is 3.89. The molecule has 0 aromatic carbocycles. The molecule has 2 aliphatic carbocycles. The second kappa shape index (κ2) is 4.55. The Bertz CT molecular complexity index is 262. The molecule has 0 amide bonds. The predicted octanol–water partition coefficient (Wildman–Crippen LogP) is 2.93. The van der Waals surface area contributed by atoms with Crippen molar-refractivity contribution in [2.24, 2.45) is 0 Å². The Balaban J connectivity index is 1.75. The van der Waals surface area contributed by atoms with Crippen LogP contribution in [-0.2, 0) is 0 Å². The van der Waals surface area contributed by atoms with Crippen molar-refractivity contribution in [2.45, 2.75) is 75.8 Å². The van der Waals surface area contributed by atoms with E-state index in [0.29, 0.717) is 11.1 Å². The standard InChI is InChI=1S/C15H28N2/c1-14(7-2-3-8-14)17-12-6-11-16-15(13-17)9-4-5-10-15/h16H,2-13H2,1H3. The average Bonchev–Trinajstić information content (AvgIpc) is 2.87. The highest BCUT2D eigenvalue weighted by atomic mass is 15.2. The van der Waals surface area contributed by atoms with Gasteiger partial charge in [-0.05, 0) is 52.1 Å². The van der Waals surface area contributed by atoms with E-state index in [1.165, 1.54) is 77.4 Å². The average molecular weight is 236 g/mol. The van der Waals surface area contributed by atoms with Crippen LogP contribution >= 0.6 is 0 Å². The van der Waals surface area contributed by atoms with E-state index in [9.17, 15) is 0 Å². The molecule has 2 heteroatoms. The Morgan fingerprint density at radius 3 is 2.24 bits per heavy atom. The van der Waals surface area contributed by atoms with E-state index in [1.54, 1.807) is 0 Å². The molecule has 1 N–H and O–H groups in total. The van der Waals surface area contributed by atoms with Crippen LogP contribution in [0.5, 0.6) is 0 Å². The molecule has 0 atom stereocenters. The third-order valence-corrected chi connectivity index (χ3v) is 5.60. The molecular formula is C15H28N2. The van der Waals surface area contributed by atoms with Crippen LogP contribution in [0, 0.1) is 0 Å². The summed E-state index contributed by atoms with van der Waals surface area (Å²) in [4.78, 5) is 2.85. The first-order chi connectivity index (χ1) is 8.23. The van der Waals surface area contributed by atoms with Crippen LogP contribution in [0.3, 0.4) is 0 Å². The summed E-state index contributed by atoms with van der Waals surface area (Å²) in [6.07, 6.45) is 12.8. The molecule has 3 rings (SSSR count). The van der Waals surface area contributed by atoms with Gasteiger partial charge in [0, 0.05) is 17.6 Å². The molecule has 0 radical (unpaired) electrons. The number of nitrogens with one attached hydrogen (secondary N) is 1. The summed E-state index contributed by atoms with van der Waals surface area (Å²) in [5, 5.41) is 3.89. The molecule has 0 aromatic heterocycles. The maximum Gasteiger partial charge on any atom is 0.0309 e. The van der Waals surface area contributed by atoms with Crippen LogP contribution in [0.1, 0.15) is 64.7 Å². The fraction of sp³-hybridized carbons (Fsp3) is 1.00. The minimum absolute atomic E-state index is 0.488. The second-order valence-electron chi connectivity index (χ2n) is 6.89. The zero-order chi connectivity index (χ0) is 11.8. The molecule has 0 unspecified atom stereocenters. The van der Waals surface area contributed by atoms with Crippen LogP contribution in [0.2, 0.25) is 0 Å². The fourth-order valence-electron chi connectivity index (χ4n) is 4.42. The van der Waals surface area contributed by atoms with Gasteiger partial charge in [0.2, 0.25) is 0 Å². The van der Waals surface area contributed by atoms with E-state index in [1.807, 2.05) is 0 Å². The lowest BCUT2D eigenvalue weighted by molar-refractivity contribution is 0.0848. The highest BCUT2D eigenvalue weighted by molar-refractivity contribution is 5.01. The Kier molecular flexibility index (Phi) is 3.20. The third-order valence-electron chi connectivity index (χ3n) is 5.60. The Morgan fingerprint density at radius 1 is 0.882 bits per heavy atom. The van der Waals surface area contributed by atoms with Gasteiger partial charge in [-0.15, -0.1) is 0 Å². The third kappa shape index (κ3) is 2.26. The zero-order valence-corrected chi connectivity index (χ0v) is 11.4. The molecule has 2 nitrogen and oxygen atoms in total. The lowest BCUT2D eigenvalue weighted by atomic mass is 9.92. The number of rotatable bonds is 1. The van der Waals surface area contributed by atoms with Gasteiger partial charge in [0.1, 0.15) is 0 Å². The normalized spacial score (nSPS) is 33.0. The van der Waals surface area contributed by atoms with Gasteiger partial charge in [-0.2, -0.15) is 0 Å². The van der Waals surface area contributed by atoms with Crippen molar-refractivity contribution < 1.29 is 0 Å². The fourth-order valence-corrected chi connectivity index (χ4v) is 4.42. The molecule has 0 aromatic rings. The summed E-state index contributed by atoms with van der Waals surface area (Å²) in [5.74, 6) is 0. The first-order valence-corrected chi connectivity index (χ1v) is 7.73. The minimum atomic E-state index is 0.488. The molecule has 3 aliphatic rings. The van der Waals surface area contributed by atoms with Crippen molar-refractivity contribution in [1.82, 2.24) is 10.2 Å². The zero-order valence-electron chi connectivity index (χ0n) is 11.4. The van der Waals surface area contributed by atoms with Crippen LogP contribution in [-0.4, -0.2) is 35.6 Å². The van der Waals surface area contributed by atoms with Gasteiger partial charge in [-0.25, -0.2) is 0 Å². The van der Waals surface area contributed by atoms with E-state index in [4.69, 9.17) is 0 Å². The summed E-state index contributed by atoms with van der Waals surface area (Å²) in [5.41, 5.74) is 1.02. The van der Waals surface area contributed by atoms with E-state index >= 15 is 0 Å². The summed E-state index contributed by atoms with van der Waals surface area (Å²) in [6.45, 7) is 6.41. The SMILES string of the molecule is CC1(N2CCCNC3(CCCC3)C2)CCCC1. The topological polar surface area (TPSA) is 15.3 Å². The van der Waals surface area contributed by atoms with Crippen molar-refractivity contribution in [3.8, 4) is 0 Å². The number of hydrogen-bond donors (Lipinski definition) is 1. The van der Waals surface area contributed by atoms with Crippen LogP contribution < -0.4 is 5.32 Å². The first kappa shape index (κ1) is 12.0. The van der Waals surface area contributed by atoms with Crippen LogP contribution in [0.25, 0.3) is 0 Å². The summed E-state index contributed by atoms with van der Waals surface area (Å²) in [6, 6.07) is 0. The molecule has 1 saturated heterocycles. The summed E-state index contributed by atoms with van der Waals surface area (Å²) in [7, 11) is 0. The van der Waals surface area contributed by atoms with Crippen molar-refractivity contribution in [3.63, 3.8) is 0 Å². The maximum absolute atomic E-state index is 3.89. The van der Waals surface area contributed by atoms with Gasteiger partial charge in [-0.3, -0.25) is 4.90 Å². The first-order valence-electron chi connectivity index (χ1n) is 7.73. The molecule has 17 heavy (non-hydrogen) atoms. The molecule has 3 fully saturated rings. The van der Waals surface area contributed by atoms with Gasteiger partial charge in [-0.1, -0.05) is 25.7 Å². The highest BCUT2D eigenvalue weighted by Crippen LogP contribution is 2.39. The Morgan fingerprint density at radius 2 is 1.53 bits per heavy atom. The summed E-state index contributed by atoms with van der Waals surface area (Å²) < 4.78 is 0. The van der Waals surface area contributed by atoms with Crippen LogP contribution in [0.15, 0.2) is 0 Å². The van der Waals surface area contributed by atoms with Gasteiger partial charge in [0.15, 0.2) is 0 Å². The van der Waals surface area contributed by atoms with Gasteiger partial charge in [0.05, 0.1) is 0 Å². The molecule has 1 heterocycles. The van der Waals surface area contributed by atoms with Gasteiger partial charge < -0.3 is 5.32 Å². The minimum Gasteiger partial charge on any atom is -0.310 e. The monoisotopic (exact) mass is 236 g/mol. The van der Waals surface area contributed by atoms with Gasteiger partial charge >= 0.3 is 0 Å². The smallest absolute Gasteiger partial charge is 0.0309 e. The Hall–Kier alpha value is -0.0800. The molecule has 0 bridgehead atoms.